The SMILES string of the molecule is O=c1c2ccccc2nc2c3c4ccccc4ccc3c3ccccc3n12. The summed E-state index contributed by atoms with van der Waals surface area (Å²) in [6, 6.07) is 28.2. The molecule has 2 heterocycles. The number of pyridine rings is 1. The molecule has 6 aromatic rings. The minimum atomic E-state index is -0.0263. The minimum Gasteiger partial charge on any atom is -0.268 e. The molecule has 0 amide bonds. The standard InChI is InChI=1S/C24H14N2O/c27-24-19-10-3-5-11-20(19)25-23-22-16-8-2-1-7-15(16)13-14-18(22)17-9-4-6-12-21(17)26(23)24/h1-14H. The van der Waals surface area contributed by atoms with Gasteiger partial charge in [0.25, 0.3) is 5.56 Å². The summed E-state index contributed by atoms with van der Waals surface area (Å²) in [5.41, 5.74) is 2.30. The molecular formula is C24H14N2O. The fraction of sp³-hybridized carbons (Fsp3) is 0. The predicted molar refractivity (Wildman–Crippen MR) is 111 cm³/mol. The highest BCUT2D eigenvalue weighted by Gasteiger charge is 2.15. The van der Waals surface area contributed by atoms with Crippen molar-refractivity contribution in [3.8, 4) is 0 Å². The molecule has 0 atom stereocenters. The van der Waals surface area contributed by atoms with Crippen LogP contribution in [0.2, 0.25) is 0 Å². The van der Waals surface area contributed by atoms with Gasteiger partial charge in [0.15, 0.2) is 0 Å². The van der Waals surface area contributed by atoms with Crippen LogP contribution in [0, 0.1) is 0 Å². The van der Waals surface area contributed by atoms with Crippen LogP contribution in [-0.4, -0.2) is 9.38 Å². The monoisotopic (exact) mass is 346 g/mol. The van der Waals surface area contributed by atoms with Crippen molar-refractivity contribution in [2.75, 3.05) is 0 Å². The lowest BCUT2D eigenvalue weighted by molar-refractivity contribution is 1.14. The zero-order valence-corrected chi connectivity index (χ0v) is 14.4. The average molecular weight is 346 g/mol. The van der Waals surface area contributed by atoms with Crippen molar-refractivity contribution in [3.63, 3.8) is 0 Å². The van der Waals surface area contributed by atoms with E-state index in [1.165, 1.54) is 0 Å². The zero-order chi connectivity index (χ0) is 18.0. The van der Waals surface area contributed by atoms with Gasteiger partial charge in [-0.3, -0.25) is 9.20 Å². The second-order valence-corrected chi connectivity index (χ2v) is 6.82. The van der Waals surface area contributed by atoms with E-state index < -0.39 is 0 Å². The summed E-state index contributed by atoms with van der Waals surface area (Å²) in [6.45, 7) is 0. The van der Waals surface area contributed by atoms with Crippen molar-refractivity contribution < 1.29 is 0 Å². The number of fused-ring (bicyclic) bond motifs is 9. The maximum atomic E-state index is 13.4. The number of aromatic nitrogens is 2. The van der Waals surface area contributed by atoms with E-state index >= 15 is 0 Å². The lowest BCUT2D eigenvalue weighted by Crippen LogP contribution is -2.16. The summed E-state index contributed by atoms with van der Waals surface area (Å²) < 4.78 is 1.77. The predicted octanol–water partition coefficient (Wildman–Crippen LogP) is 5.31. The third-order valence-corrected chi connectivity index (χ3v) is 5.36. The fourth-order valence-electron chi connectivity index (χ4n) is 4.16. The molecule has 27 heavy (non-hydrogen) atoms. The molecule has 0 unspecified atom stereocenters. The van der Waals surface area contributed by atoms with Crippen molar-refractivity contribution in [1.82, 2.24) is 9.38 Å². The Morgan fingerprint density at radius 2 is 1.33 bits per heavy atom. The van der Waals surface area contributed by atoms with Gasteiger partial charge < -0.3 is 0 Å². The highest BCUT2D eigenvalue weighted by atomic mass is 16.1. The Bertz CT molecular complexity index is 1600. The van der Waals surface area contributed by atoms with Gasteiger partial charge in [-0.15, -0.1) is 0 Å². The highest BCUT2D eigenvalue weighted by Crippen LogP contribution is 2.33. The van der Waals surface area contributed by atoms with Gasteiger partial charge in [-0.25, -0.2) is 4.98 Å². The Labute approximate surface area is 154 Å². The Balaban J connectivity index is 2.08. The van der Waals surface area contributed by atoms with Crippen LogP contribution in [-0.2, 0) is 0 Å². The van der Waals surface area contributed by atoms with E-state index in [0.29, 0.717) is 11.0 Å². The molecule has 0 aliphatic carbocycles. The molecule has 0 fully saturated rings. The summed E-state index contributed by atoms with van der Waals surface area (Å²) >= 11 is 0. The van der Waals surface area contributed by atoms with Crippen molar-refractivity contribution in [1.29, 1.82) is 0 Å². The van der Waals surface area contributed by atoms with Gasteiger partial charge in [-0.2, -0.15) is 0 Å². The van der Waals surface area contributed by atoms with Gasteiger partial charge in [-0.05, 0) is 34.4 Å². The average Bonchev–Trinajstić information content (AvgIpc) is 2.73. The van der Waals surface area contributed by atoms with Crippen LogP contribution < -0.4 is 5.56 Å². The van der Waals surface area contributed by atoms with Gasteiger partial charge in [0, 0.05) is 10.8 Å². The van der Waals surface area contributed by atoms with E-state index in [2.05, 4.69) is 30.3 Å². The molecule has 0 radical (unpaired) electrons. The number of hydrogen-bond donors (Lipinski definition) is 0. The molecule has 3 nitrogen and oxygen atoms in total. The van der Waals surface area contributed by atoms with E-state index in [1.807, 2.05) is 54.6 Å². The summed E-state index contributed by atoms with van der Waals surface area (Å²) in [6.07, 6.45) is 0. The van der Waals surface area contributed by atoms with Crippen molar-refractivity contribution >= 4 is 49.0 Å². The molecule has 0 aliphatic heterocycles. The number of rotatable bonds is 0. The topological polar surface area (TPSA) is 34.4 Å². The highest BCUT2D eigenvalue weighted by molar-refractivity contribution is 6.22. The van der Waals surface area contributed by atoms with E-state index in [-0.39, 0.29) is 5.56 Å². The molecule has 0 saturated carbocycles. The van der Waals surface area contributed by atoms with Gasteiger partial charge in [0.1, 0.15) is 5.65 Å². The van der Waals surface area contributed by atoms with Gasteiger partial charge in [0.2, 0.25) is 0 Å². The normalized spacial score (nSPS) is 11.9. The first-order chi connectivity index (χ1) is 13.3. The Morgan fingerprint density at radius 3 is 2.22 bits per heavy atom. The molecule has 0 saturated heterocycles. The smallest absolute Gasteiger partial charge is 0.266 e. The van der Waals surface area contributed by atoms with Crippen LogP contribution in [0.25, 0.3) is 49.0 Å². The summed E-state index contributed by atoms with van der Waals surface area (Å²) in [5, 5.41) is 6.09. The Morgan fingerprint density at radius 1 is 0.630 bits per heavy atom. The van der Waals surface area contributed by atoms with Crippen LogP contribution in [0.5, 0.6) is 0 Å². The summed E-state index contributed by atoms with van der Waals surface area (Å²) in [5.74, 6) is 0. The molecule has 3 heteroatoms. The largest absolute Gasteiger partial charge is 0.268 e. The number of para-hydroxylation sites is 2. The zero-order valence-electron chi connectivity index (χ0n) is 14.4. The number of hydrogen-bond acceptors (Lipinski definition) is 2. The summed E-state index contributed by atoms with van der Waals surface area (Å²) in [4.78, 5) is 18.3. The molecule has 126 valence electrons. The maximum Gasteiger partial charge on any atom is 0.266 e. The van der Waals surface area contributed by atoms with Gasteiger partial charge in [-0.1, -0.05) is 66.7 Å². The quantitative estimate of drug-likeness (QED) is 0.276. The molecular weight excluding hydrogens is 332 g/mol. The molecule has 6 rings (SSSR count). The van der Waals surface area contributed by atoms with Gasteiger partial charge >= 0.3 is 0 Å². The number of benzene rings is 4. The Kier molecular flexibility index (Phi) is 2.75. The van der Waals surface area contributed by atoms with Crippen LogP contribution >= 0.6 is 0 Å². The third kappa shape index (κ3) is 1.86. The second-order valence-electron chi connectivity index (χ2n) is 6.82. The fourth-order valence-corrected chi connectivity index (χ4v) is 4.16. The lowest BCUT2D eigenvalue weighted by Gasteiger charge is -2.13. The van der Waals surface area contributed by atoms with Crippen LogP contribution in [0.3, 0.4) is 0 Å². The molecule has 0 bridgehead atoms. The van der Waals surface area contributed by atoms with Crippen LogP contribution in [0.1, 0.15) is 0 Å². The third-order valence-electron chi connectivity index (χ3n) is 5.36. The van der Waals surface area contributed by atoms with Crippen molar-refractivity contribution in [3.05, 3.63) is 95.3 Å². The molecule has 4 aromatic carbocycles. The molecule has 0 spiro atoms. The van der Waals surface area contributed by atoms with E-state index in [9.17, 15) is 4.79 Å². The van der Waals surface area contributed by atoms with E-state index in [0.717, 1.165) is 38.0 Å². The summed E-state index contributed by atoms with van der Waals surface area (Å²) in [7, 11) is 0. The Hall–Kier alpha value is -3.72. The molecule has 2 aromatic heterocycles. The van der Waals surface area contributed by atoms with Crippen LogP contribution in [0.15, 0.2) is 89.7 Å². The maximum absolute atomic E-state index is 13.4. The molecule has 0 aliphatic rings. The van der Waals surface area contributed by atoms with Crippen LogP contribution in [0.4, 0.5) is 0 Å². The first-order valence-electron chi connectivity index (χ1n) is 8.96. The number of nitrogens with zero attached hydrogens (tertiary/aromatic N) is 2. The van der Waals surface area contributed by atoms with E-state index in [1.54, 1.807) is 4.40 Å². The first kappa shape index (κ1) is 14.4. The van der Waals surface area contributed by atoms with Gasteiger partial charge in [0.05, 0.1) is 16.4 Å². The minimum absolute atomic E-state index is 0.0263. The first-order valence-corrected chi connectivity index (χ1v) is 8.96. The molecule has 0 N–H and O–H groups in total. The second kappa shape index (κ2) is 5.15. The van der Waals surface area contributed by atoms with Crippen molar-refractivity contribution in [2.24, 2.45) is 0 Å². The lowest BCUT2D eigenvalue weighted by atomic mass is 9.99. The van der Waals surface area contributed by atoms with E-state index in [4.69, 9.17) is 4.98 Å². The van der Waals surface area contributed by atoms with Crippen molar-refractivity contribution in [2.45, 2.75) is 0 Å².